The van der Waals surface area contributed by atoms with Crippen molar-refractivity contribution < 1.29 is 15.3 Å². The molecule has 134 valence electrons. The Bertz CT molecular complexity index is 722. The molecular formula is C23H24O3. The first-order valence-electron chi connectivity index (χ1n) is 8.43. The molecule has 0 amide bonds. The van der Waals surface area contributed by atoms with Gasteiger partial charge in [-0.05, 0) is 67.9 Å². The van der Waals surface area contributed by atoms with Crippen LogP contribution in [0.25, 0.3) is 0 Å². The molecule has 0 aliphatic heterocycles. The zero-order valence-electron chi connectivity index (χ0n) is 14.8. The monoisotopic (exact) mass is 348 g/mol. The standard InChI is InChI=1S/C23H24O3/c1-2-3-4-5-6-7-8-9-10-11-12-15-18-22(25)19-16-13-14-17-20-23(26)21-24/h1,3-4,9-10,22-26H,5-8,16,19,21H2/b4-3-,10-9-/t22-,23-/m1/s1. The lowest BCUT2D eigenvalue weighted by Crippen LogP contribution is -2.07. The summed E-state index contributed by atoms with van der Waals surface area (Å²) >= 11 is 0. The third-order valence-electron chi connectivity index (χ3n) is 2.89. The Labute approximate surface area is 157 Å². The second-order valence-electron chi connectivity index (χ2n) is 5.12. The topological polar surface area (TPSA) is 60.7 Å². The smallest absolute Gasteiger partial charge is 0.138 e. The molecule has 0 heterocycles. The van der Waals surface area contributed by atoms with Gasteiger partial charge >= 0.3 is 0 Å². The summed E-state index contributed by atoms with van der Waals surface area (Å²) in [6, 6.07) is 0. The number of allylic oxidation sites excluding steroid dienone is 4. The summed E-state index contributed by atoms with van der Waals surface area (Å²) in [5, 5.41) is 27.2. The molecule has 0 rings (SSSR count). The van der Waals surface area contributed by atoms with Crippen LogP contribution < -0.4 is 0 Å². The minimum Gasteiger partial charge on any atom is -0.393 e. The first kappa shape index (κ1) is 23.2. The minimum atomic E-state index is -1.07. The van der Waals surface area contributed by atoms with Crippen molar-refractivity contribution >= 4 is 0 Å². The van der Waals surface area contributed by atoms with Crippen LogP contribution in [-0.4, -0.2) is 34.1 Å². The van der Waals surface area contributed by atoms with Crippen molar-refractivity contribution in [1.82, 2.24) is 0 Å². The normalized spacial score (nSPS) is 11.6. The van der Waals surface area contributed by atoms with Crippen molar-refractivity contribution in [2.45, 2.75) is 50.7 Å². The van der Waals surface area contributed by atoms with Crippen LogP contribution in [0, 0.1) is 59.7 Å². The summed E-state index contributed by atoms with van der Waals surface area (Å²) < 4.78 is 0. The Morgan fingerprint density at radius 2 is 1.50 bits per heavy atom. The summed E-state index contributed by atoms with van der Waals surface area (Å²) in [6.07, 6.45) is 15.7. The van der Waals surface area contributed by atoms with Crippen molar-refractivity contribution in [2.75, 3.05) is 6.61 Å². The summed E-state index contributed by atoms with van der Waals surface area (Å²) in [5.41, 5.74) is 0. The molecule has 0 aromatic heterocycles. The van der Waals surface area contributed by atoms with Crippen LogP contribution >= 0.6 is 0 Å². The van der Waals surface area contributed by atoms with Crippen LogP contribution in [0.4, 0.5) is 0 Å². The molecule has 0 saturated heterocycles. The van der Waals surface area contributed by atoms with E-state index in [-0.39, 0.29) is 0 Å². The molecule has 3 heteroatoms. The first-order valence-corrected chi connectivity index (χ1v) is 8.43. The van der Waals surface area contributed by atoms with Crippen molar-refractivity contribution in [3.63, 3.8) is 0 Å². The van der Waals surface area contributed by atoms with Crippen molar-refractivity contribution in [2.24, 2.45) is 0 Å². The van der Waals surface area contributed by atoms with Gasteiger partial charge in [0.2, 0.25) is 0 Å². The summed E-state index contributed by atoms with van der Waals surface area (Å²) in [4.78, 5) is 0. The van der Waals surface area contributed by atoms with Gasteiger partial charge < -0.3 is 15.3 Å². The number of hydrogen-bond acceptors (Lipinski definition) is 3. The first-order chi connectivity index (χ1) is 12.7. The Morgan fingerprint density at radius 3 is 2.19 bits per heavy atom. The molecule has 3 nitrogen and oxygen atoms in total. The molecule has 0 bridgehead atoms. The molecule has 0 spiro atoms. The lowest BCUT2D eigenvalue weighted by atomic mass is 10.2. The van der Waals surface area contributed by atoms with E-state index in [1.54, 1.807) is 12.2 Å². The van der Waals surface area contributed by atoms with E-state index >= 15 is 0 Å². The fourth-order valence-corrected chi connectivity index (χ4v) is 1.57. The van der Waals surface area contributed by atoms with Gasteiger partial charge in [0.05, 0.1) is 6.61 Å². The Balaban J connectivity index is 3.89. The lowest BCUT2D eigenvalue weighted by Gasteiger charge is -1.95. The van der Waals surface area contributed by atoms with E-state index in [0.29, 0.717) is 12.8 Å². The maximum atomic E-state index is 9.64. The SMILES string of the molecule is C#C/C=C\CCCC/C=C\C#CC#C[C@@H](O)CCC#CC#C[C@@H](O)CO. The highest BCUT2D eigenvalue weighted by molar-refractivity contribution is 5.32. The van der Waals surface area contributed by atoms with Crippen LogP contribution in [0.3, 0.4) is 0 Å². The summed E-state index contributed by atoms with van der Waals surface area (Å²) in [6.45, 7) is -0.413. The van der Waals surface area contributed by atoms with Gasteiger partial charge in [-0.1, -0.05) is 41.8 Å². The zero-order chi connectivity index (χ0) is 19.3. The molecule has 0 saturated carbocycles. The molecule has 3 N–H and O–H groups in total. The average Bonchev–Trinajstić information content (AvgIpc) is 2.65. The largest absolute Gasteiger partial charge is 0.393 e. The average molecular weight is 348 g/mol. The van der Waals surface area contributed by atoms with Gasteiger partial charge in [0.1, 0.15) is 12.2 Å². The van der Waals surface area contributed by atoms with Gasteiger partial charge in [0.25, 0.3) is 0 Å². The molecule has 2 atom stereocenters. The molecule has 0 aliphatic carbocycles. The van der Waals surface area contributed by atoms with Gasteiger partial charge in [-0.15, -0.1) is 6.42 Å². The van der Waals surface area contributed by atoms with Gasteiger partial charge in [-0.3, -0.25) is 0 Å². The van der Waals surface area contributed by atoms with E-state index in [2.05, 4.69) is 53.3 Å². The quantitative estimate of drug-likeness (QED) is 0.463. The highest BCUT2D eigenvalue weighted by Gasteiger charge is 1.95. The Morgan fingerprint density at radius 1 is 0.846 bits per heavy atom. The number of terminal acetylenes is 1. The molecule has 0 unspecified atom stereocenters. The van der Waals surface area contributed by atoms with Crippen molar-refractivity contribution in [3.05, 3.63) is 24.3 Å². The van der Waals surface area contributed by atoms with Gasteiger partial charge in [0.15, 0.2) is 0 Å². The number of unbranched alkanes of at least 4 members (excludes halogenated alkanes) is 3. The molecule has 0 aliphatic rings. The fourth-order valence-electron chi connectivity index (χ4n) is 1.57. The highest BCUT2D eigenvalue weighted by Crippen LogP contribution is 2.01. The van der Waals surface area contributed by atoms with E-state index in [0.717, 1.165) is 25.7 Å². The number of aliphatic hydroxyl groups excluding tert-OH is 3. The highest BCUT2D eigenvalue weighted by atomic mass is 16.3. The van der Waals surface area contributed by atoms with Gasteiger partial charge in [-0.25, -0.2) is 0 Å². The van der Waals surface area contributed by atoms with Gasteiger partial charge in [0, 0.05) is 6.42 Å². The molecule has 26 heavy (non-hydrogen) atoms. The number of hydrogen-bond donors (Lipinski definition) is 3. The van der Waals surface area contributed by atoms with E-state index in [9.17, 15) is 5.11 Å². The third kappa shape index (κ3) is 17.5. The Kier molecular flexibility index (Phi) is 16.5. The maximum absolute atomic E-state index is 9.64. The predicted molar refractivity (Wildman–Crippen MR) is 105 cm³/mol. The zero-order valence-corrected chi connectivity index (χ0v) is 14.8. The van der Waals surface area contributed by atoms with Crippen LogP contribution in [0.2, 0.25) is 0 Å². The third-order valence-corrected chi connectivity index (χ3v) is 2.89. The lowest BCUT2D eigenvalue weighted by molar-refractivity contribution is 0.138. The van der Waals surface area contributed by atoms with E-state index in [4.69, 9.17) is 16.6 Å². The van der Waals surface area contributed by atoms with E-state index in [1.807, 2.05) is 12.2 Å². The molecule has 0 fully saturated rings. The minimum absolute atomic E-state index is 0.399. The Hall–Kier alpha value is -2.84. The van der Waals surface area contributed by atoms with Crippen molar-refractivity contribution in [3.8, 4) is 59.7 Å². The molecule has 0 aromatic carbocycles. The molecule has 0 aromatic rings. The maximum Gasteiger partial charge on any atom is 0.138 e. The van der Waals surface area contributed by atoms with Crippen LogP contribution in [0.1, 0.15) is 38.5 Å². The van der Waals surface area contributed by atoms with Crippen molar-refractivity contribution in [1.29, 1.82) is 0 Å². The summed E-state index contributed by atoms with van der Waals surface area (Å²) in [7, 11) is 0. The fraction of sp³-hybridized carbons (Fsp3) is 0.391. The van der Waals surface area contributed by atoms with Crippen LogP contribution in [-0.2, 0) is 0 Å². The predicted octanol–water partition coefficient (Wildman–Crippen LogP) is 1.80. The second kappa shape index (κ2) is 18.5. The van der Waals surface area contributed by atoms with Gasteiger partial charge in [-0.2, -0.15) is 0 Å². The summed E-state index contributed by atoms with van der Waals surface area (Å²) in [5.74, 6) is 23.2. The number of rotatable bonds is 8. The van der Waals surface area contributed by atoms with E-state index < -0.39 is 18.8 Å². The number of aliphatic hydroxyl groups is 3. The van der Waals surface area contributed by atoms with Crippen LogP contribution in [0.15, 0.2) is 24.3 Å². The van der Waals surface area contributed by atoms with E-state index in [1.165, 1.54) is 0 Å². The van der Waals surface area contributed by atoms with Crippen LogP contribution in [0.5, 0.6) is 0 Å². The molecule has 0 radical (unpaired) electrons. The second-order valence-corrected chi connectivity index (χ2v) is 5.12. The molecular weight excluding hydrogens is 324 g/mol.